The van der Waals surface area contributed by atoms with Crippen LogP contribution in [0.1, 0.15) is 53.5 Å². The summed E-state index contributed by atoms with van der Waals surface area (Å²) < 4.78 is 49.9. The summed E-state index contributed by atoms with van der Waals surface area (Å²) >= 11 is 0. The summed E-state index contributed by atoms with van der Waals surface area (Å²) in [5, 5.41) is 10.3. The van der Waals surface area contributed by atoms with Gasteiger partial charge in [-0.1, -0.05) is 30.3 Å². The van der Waals surface area contributed by atoms with Gasteiger partial charge in [0.1, 0.15) is 37.4 Å². The van der Waals surface area contributed by atoms with Crippen LogP contribution in [0.3, 0.4) is 0 Å². The molecule has 1 aromatic rings. The van der Waals surface area contributed by atoms with E-state index in [2.05, 4.69) is 0 Å². The van der Waals surface area contributed by atoms with Crippen molar-refractivity contribution < 1.29 is 86.1 Å². The largest absolute Gasteiger partial charge is 0.481 e. The van der Waals surface area contributed by atoms with Gasteiger partial charge in [-0.05, 0) is 5.56 Å². The fraction of sp³-hybridized carbons (Fsp3) is 0.576. The van der Waals surface area contributed by atoms with Crippen molar-refractivity contribution in [3.05, 3.63) is 35.9 Å². The Labute approximate surface area is 291 Å². The Morgan fingerprint density at radius 2 is 1.18 bits per heavy atom. The standard InChI is InChI=1S/C33H40O18/c1-15(34)43-14-24-27(47-18(4)37)29(48-19(5)38)30(49-20(6)39)33(50-24)51-28-25(32(42)44-13-21-10-8-7-9-11-21)22(31(40)41)12-23(45-16(2)35)26(28)46-17(3)36/h7-11,22-30,33H,12-14H2,1-6H3,(H,40,41)/t22-,23-,24-,25-,26-,27-,28-,29+,30-,33+/m1/s1. The topological polar surface area (TPSA) is 240 Å². The van der Waals surface area contributed by atoms with Crippen molar-refractivity contribution in [1.29, 1.82) is 0 Å². The second-order valence-electron chi connectivity index (χ2n) is 11.7. The van der Waals surface area contributed by atoms with Crippen LogP contribution in [0.2, 0.25) is 0 Å². The number of rotatable bonds is 13. The zero-order chi connectivity index (χ0) is 38.0. The number of esters is 7. The van der Waals surface area contributed by atoms with Crippen LogP contribution in [0, 0.1) is 11.8 Å². The summed E-state index contributed by atoms with van der Waals surface area (Å²) in [6, 6.07) is 8.38. The highest BCUT2D eigenvalue weighted by Gasteiger charge is 2.59. The number of hydrogen-bond donors (Lipinski definition) is 1. The van der Waals surface area contributed by atoms with E-state index in [9.17, 15) is 43.5 Å². The molecule has 1 aliphatic heterocycles. The van der Waals surface area contributed by atoms with E-state index >= 15 is 0 Å². The van der Waals surface area contributed by atoms with Gasteiger partial charge in [0.25, 0.3) is 0 Å². The normalized spacial score (nSPS) is 28.6. The number of carboxylic acids is 1. The Morgan fingerprint density at radius 1 is 0.647 bits per heavy atom. The van der Waals surface area contributed by atoms with E-state index in [0.717, 1.165) is 41.5 Å². The average molecular weight is 725 g/mol. The van der Waals surface area contributed by atoms with Gasteiger partial charge in [-0.2, -0.15) is 0 Å². The summed E-state index contributed by atoms with van der Waals surface area (Å²) in [4.78, 5) is 99.7. The van der Waals surface area contributed by atoms with Crippen LogP contribution in [0.25, 0.3) is 0 Å². The number of carbonyl (C=O) groups excluding carboxylic acids is 7. The smallest absolute Gasteiger partial charge is 0.312 e. The van der Waals surface area contributed by atoms with Crippen molar-refractivity contribution in [2.24, 2.45) is 11.8 Å². The molecular weight excluding hydrogens is 684 g/mol. The van der Waals surface area contributed by atoms with Gasteiger partial charge in [0.05, 0.1) is 5.92 Å². The Hall–Kier alpha value is -5.10. The second kappa shape index (κ2) is 18.2. The lowest BCUT2D eigenvalue weighted by Crippen LogP contribution is -2.66. The summed E-state index contributed by atoms with van der Waals surface area (Å²) in [5.74, 6) is -11.6. The quantitative estimate of drug-likeness (QED) is 0.218. The Morgan fingerprint density at radius 3 is 1.71 bits per heavy atom. The molecule has 51 heavy (non-hydrogen) atoms. The summed E-state index contributed by atoms with van der Waals surface area (Å²) in [6.45, 7) is 5.16. The number of carbonyl (C=O) groups is 8. The van der Waals surface area contributed by atoms with Crippen LogP contribution in [-0.2, 0) is 87.6 Å². The van der Waals surface area contributed by atoms with E-state index in [-0.39, 0.29) is 6.61 Å². The van der Waals surface area contributed by atoms with Crippen LogP contribution < -0.4 is 0 Å². The molecule has 0 amide bonds. The Kier molecular flexibility index (Phi) is 14.4. The molecule has 280 valence electrons. The molecule has 1 heterocycles. The van der Waals surface area contributed by atoms with Gasteiger partial charge in [0, 0.05) is 48.0 Å². The SMILES string of the molecule is CC(=O)OC[C@H]1O[C@@H](O[C@H]2[C@H](OC(C)=O)[C@H](OC(C)=O)C[C@@H](C(=O)O)[C@H]2C(=O)OCc2ccccc2)[C@H](OC(C)=O)[C@@H](OC(C)=O)[C@@H]1OC(C)=O. The lowest BCUT2D eigenvalue weighted by atomic mass is 9.73. The van der Waals surface area contributed by atoms with Crippen LogP contribution in [0.5, 0.6) is 0 Å². The van der Waals surface area contributed by atoms with Crippen molar-refractivity contribution in [3.8, 4) is 0 Å². The number of carboxylic acid groups (broad SMARTS) is 1. The lowest BCUT2D eigenvalue weighted by Gasteiger charge is -2.48. The van der Waals surface area contributed by atoms with Crippen LogP contribution in [0.15, 0.2) is 30.3 Å². The molecule has 1 saturated heterocycles. The van der Waals surface area contributed by atoms with E-state index in [1.807, 2.05) is 0 Å². The van der Waals surface area contributed by atoms with E-state index in [1.165, 1.54) is 0 Å². The number of benzene rings is 1. The maximum Gasteiger partial charge on any atom is 0.312 e. The fourth-order valence-corrected chi connectivity index (χ4v) is 5.83. The molecule has 10 atom stereocenters. The monoisotopic (exact) mass is 724 g/mol. The molecule has 1 saturated carbocycles. The molecule has 0 aromatic heterocycles. The molecule has 2 fully saturated rings. The maximum absolute atomic E-state index is 13.9. The third-order valence-corrected chi connectivity index (χ3v) is 7.64. The second-order valence-corrected chi connectivity index (χ2v) is 11.7. The first-order chi connectivity index (χ1) is 24.0. The van der Waals surface area contributed by atoms with Crippen LogP contribution in [-0.4, -0.2) is 108 Å². The average Bonchev–Trinajstić information content (AvgIpc) is 3.02. The lowest BCUT2D eigenvalue weighted by molar-refractivity contribution is -0.332. The first-order valence-corrected chi connectivity index (χ1v) is 15.7. The summed E-state index contributed by atoms with van der Waals surface area (Å²) in [7, 11) is 0. The van der Waals surface area contributed by atoms with Gasteiger partial charge in [0.2, 0.25) is 0 Å². The Balaban J connectivity index is 2.20. The van der Waals surface area contributed by atoms with Gasteiger partial charge in [-0.15, -0.1) is 0 Å². The first kappa shape index (κ1) is 40.3. The minimum atomic E-state index is -1.94. The molecule has 0 bridgehead atoms. The highest BCUT2D eigenvalue weighted by atomic mass is 16.7. The Bertz CT molecular complexity index is 1460. The van der Waals surface area contributed by atoms with Gasteiger partial charge in [0.15, 0.2) is 30.7 Å². The van der Waals surface area contributed by atoms with Crippen molar-refractivity contribution in [3.63, 3.8) is 0 Å². The fourth-order valence-electron chi connectivity index (χ4n) is 5.83. The number of hydrogen-bond acceptors (Lipinski definition) is 17. The molecule has 0 unspecified atom stereocenters. The molecule has 1 N–H and O–H groups in total. The van der Waals surface area contributed by atoms with E-state index in [4.69, 9.17) is 42.6 Å². The van der Waals surface area contributed by atoms with Gasteiger partial charge >= 0.3 is 47.8 Å². The van der Waals surface area contributed by atoms with Crippen LogP contribution >= 0.6 is 0 Å². The molecule has 3 rings (SSSR count). The van der Waals surface area contributed by atoms with E-state index in [1.54, 1.807) is 30.3 Å². The minimum absolute atomic E-state index is 0.306. The molecule has 1 aliphatic carbocycles. The molecule has 2 aliphatic rings. The van der Waals surface area contributed by atoms with Gasteiger partial charge in [-0.3, -0.25) is 38.4 Å². The first-order valence-electron chi connectivity index (χ1n) is 15.7. The van der Waals surface area contributed by atoms with Gasteiger partial charge in [-0.25, -0.2) is 0 Å². The summed E-state index contributed by atoms with van der Waals surface area (Å²) in [5.41, 5.74) is 0.542. The molecule has 18 nitrogen and oxygen atoms in total. The predicted octanol–water partition coefficient (Wildman–Crippen LogP) is 0.782. The summed E-state index contributed by atoms with van der Waals surface area (Å²) in [6.07, 6.45) is -14.1. The molecular formula is C33H40O18. The number of ether oxygens (including phenoxy) is 9. The zero-order valence-corrected chi connectivity index (χ0v) is 28.7. The van der Waals surface area contributed by atoms with E-state index in [0.29, 0.717) is 5.56 Å². The van der Waals surface area contributed by atoms with Crippen molar-refractivity contribution >= 4 is 47.8 Å². The maximum atomic E-state index is 13.9. The van der Waals surface area contributed by atoms with Crippen molar-refractivity contribution in [1.82, 2.24) is 0 Å². The number of aliphatic carboxylic acids is 1. The zero-order valence-electron chi connectivity index (χ0n) is 28.7. The molecule has 0 spiro atoms. The molecule has 1 aromatic carbocycles. The molecule has 18 heteroatoms. The van der Waals surface area contributed by atoms with Crippen LogP contribution in [0.4, 0.5) is 0 Å². The van der Waals surface area contributed by atoms with E-state index < -0.39 is 122 Å². The predicted molar refractivity (Wildman–Crippen MR) is 163 cm³/mol. The minimum Gasteiger partial charge on any atom is -0.481 e. The van der Waals surface area contributed by atoms with Crippen molar-refractivity contribution in [2.45, 2.75) is 104 Å². The highest BCUT2D eigenvalue weighted by molar-refractivity contribution is 5.82. The highest BCUT2D eigenvalue weighted by Crippen LogP contribution is 2.40. The third-order valence-electron chi connectivity index (χ3n) is 7.64. The third kappa shape index (κ3) is 11.5. The van der Waals surface area contributed by atoms with Gasteiger partial charge < -0.3 is 47.7 Å². The van der Waals surface area contributed by atoms with Crippen molar-refractivity contribution in [2.75, 3.05) is 6.61 Å². The molecule has 0 radical (unpaired) electrons.